The van der Waals surface area contributed by atoms with Gasteiger partial charge in [-0.15, -0.1) is 0 Å². The van der Waals surface area contributed by atoms with Crippen molar-refractivity contribution in [2.24, 2.45) is 5.73 Å². The molecule has 0 unspecified atom stereocenters. The highest BCUT2D eigenvalue weighted by Gasteiger charge is 2.19. The van der Waals surface area contributed by atoms with E-state index in [2.05, 4.69) is 0 Å². The Labute approximate surface area is 85.7 Å². The quantitative estimate of drug-likeness (QED) is 0.571. The summed E-state index contributed by atoms with van der Waals surface area (Å²) in [6, 6.07) is 5.19. The molecule has 0 aliphatic carbocycles. The smallest absolute Gasteiger partial charge is 0.311 e. The molecule has 78 valence electrons. The summed E-state index contributed by atoms with van der Waals surface area (Å²) in [5.74, 6) is -0.467. The van der Waals surface area contributed by atoms with Crippen molar-refractivity contribution in [3.05, 3.63) is 33.9 Å². The van der Waals surface area contributed by atoms with Gasteiger partial charge in [0.05, 0.1) is 17.4 Å². The summed E-state index contributed by atoms with van der Waals surface area (Å²) < 4.78 is 0. The third-order valence-electron chi connectivity index (χ3n) is 1.95. The lowest BCUT2D eigenvalue weighted by Crippen LogP contribution is -2.09. The van der Waals surface area contributed by atoms with Gasteiger partial charge in [-0.25, -0.2) is 0 Å². The van der Waals surface area contributed by atoms with Crippen LogP contribution in [0.2, 0.25) is 0 Å². The number of nitrogens with two attached hydrogens (primary N) is 1. The highest BCUT2D eigenvalue weighted by Crippen LogP contribution is 2.33. The number of rotatable bonds is 3. The van der Waals surface area contributed by atoms with Gasteiger partial charge < -0.3 is 10.8 Å². The van der Waals surface area contributed by atoms with Crippen LogP contribution in [-0.4, -0.2) is 10.0 Å². The first-order valence-corrected chi connectivity index (χ1v) is 4.16. The van der Waals surface area contributed by atoms with Crippen molar-refractivity contribution >= 4 is 5.69 Å². The lowest BCUT2D eigenvalue weighted by Gasteiger charge is -2.09. The van der Waals surface area contributed by atoms with Crippen LogP contribution in [0.5, 0.6) is 5.75 Å². The zero-order chi connectivity index (χ0) is 11.4. The first kappa shape index (κ1) is 10.9. The van der Waals surface area contributed by atoms with Crippen molar-refractivity contribution in [3.8, 4) is 11.8 Å². The van der Waals surface area contributed by atoms with Gasteiger partial charge in [-0.2, -0.15) is 5.26 Å². The van der Waals surface area contributed by atoms with Gasteiger partial charge in [-0.1, -0.05) is 12.1 Å². The van der Waals surface area contributed by atoms with Gasteiger partial charge in [-0.05, 0) is 0 Å². The van der Waals surface area contributed by atoms with Gasteiger partial charge in [0.25, 0.3) is 0 Å². The Kier molecular flexibility index (Phi) is 3.21. The Hall–Kier alpha value is -2.13. The van der Waals surface area contributed by atoms with Gasteiger partial charge in [0.2, 0.25) is 0 Å². The molecule has 0 saturated heterocycles. The lowest BCUT2D eigenvalue weighted by molar-refractivity contribution is -0.386. The number of phenols is 1. The van der Waals surface area contributed by atoms with E-state index in [0.717, 1.165) is 0 Å². The third kappa shape index (κ3) is 2.21. The first-order valence-electron chi connectivity index (χ1n) is 4.16. The normalized spacial score (nSPS) is 11.7. The Bertz CT molecular complexity index is 425. The van der Waals surface area contributed by atoms with E-state index in [-0.39, 0.29) is 12.0 Å². The molecule has 1 aromatic carbocycles. The molecule has 1 rings (SSSR count). The molecule has 0 aliphatic rings. The molecule has 0 amide bonds. The van der Waals surface area contributed by atoms with E-state index >= 15 is 0 Å². The lowest BCUT2D eigenvalue weighted by atomic mass is 10.0. The maximum absolute atomic E-state index is 10.5. The summed E-state index contributed by atoms with van der Waals surface area (Å²) in [7, 11) is 0. The number of hydrogen-bond donors (Lipinski definition) is 2. The molecule has 0 fully saturated rings. The molecule has 0 spiro atoms. The van der Waals surface area contributed by atoms with Crippen molar-refractivity contribution in [2.45, 2.75) is 12.5 Å². The van der Waals surface area contributed by atoms with E-state index in [1.54, 1.807) is 0 Å². The summed E-state index contributed by atoms with van der Waals surface area (Å²) in [6.07, 6.45) is -0.00523. The van der Waals surface area contributed by atoms with Gasteiger partial charge >= 0.3 is 5.69 Å². The van der Waals surface area contributed by atoms with Crippen LogP contribution in [0, 0.1) is 21.4 Å². The molecule has 3 N–H and O–H groups in total. The molecule has 6 heteroatoms. The molecular weight excluding hydrogens is 198 g/mol. The summed E-state index contributed by atoms with van der Waals surface area (Å²) in [5, 5.41) is 28.4. The maximum Gasteiger partial charge on any atom is 0.311 e. The molecule has 6 nitrogen and oxygen atoms in total. The van der Waals surface area contributed by atoms with Crippen molar-refractivity contribution < 1.29 is 10.0 Å². The predicted octanol–water partition coefficient (Wildman–Crippen LogP) is 1.21. The molecular formula is C9H9N3O3. The second-order valence-corrected chi connectivity index (χ2v) is 2.94. The topological polar surface area (TPSA) is 113 Å². The minimum atomic E-state index is -0.713. The van der Waals surface area contributed by atoms with E-state index in [9.17, 15) is 15.2 Å². The van der Waals surface area contributed by atoms with Gasteiger partial charge in [0.1, 0.15) is 0 Å². The Morgan fingerprint density at radius 2 is 2.33 bits per heavy atom. The van der Waals surface area contributed by atoms with Crippen LogP contribution >= 0.6 is 0 Å². The number of nitrogens with zero attached hydrogens (tertiary/aromatic N) is 2. The number of aromatic hydroxyl groups is 1. The maximum atomic E-state index is 10.5. The van der Waals surface area contributed by atoms with Gasteiger partial charge in [0, 0.05) is 17.7 Å². The van der Waals surface area contributed by atoms with Crippen LogP contribution in [-0.2, 0) is 0 Å². The molecule has 0 aliphatic heterocycles. The van der Waals surface area contributed by atoms with E-state index in [0.29, 0.717) is 0 Å². The predicted molar refractivity (Wildman–Crippen MR) is 51.9 cm³/mol. The molecule has 0 aromatic heterocycles. The largest absolute Gasteiger partial charge is 0.502 e. The van der Waals surface area contributed by atoms with Crippen LogP contribution < -0.4 is 5.73 Å². The molecule has 1 aromatic rings. The fourth-order valence-electron chi connectivity index (χ4n) is 1.20. The monoisotopic (exact) mass is 207 g/mol. The third-order valence-corrected chi connectivity index (χ3v) is 1.95. The summed E-state index contributed by atoms with van der Waals surface area (Å²) >= 11 is 0. The Morgan fingerprint density at radius 3 is 2.87 bits per heavy atom. The van der Waals surface area contributed by atoms with Crippen LogP contribution in [0.4, 0.5) is 5.69 Å². The van der Waals surface area contributed by atoms with Crippen LogP contribution in [0.15, 0.2) is 18.2 Å². The summed E-state index contributed by atoms with van der Waals surface area (Å²) in [5.41, 5.74) is 5.38. The fourth-order valence-corrected chi connectivity index (χ4v) is 1.20. The number of phenolic OH excluding ortho intramolecular Hbond substituents is 1. The van der Waals surface area contributed by atoms with Gasteiger partial charge in [0.15, 0.2) is 5.75 Å². The second kappa shape index (κ2) is 4.39. The van der Waals surface area contributed by atoms with Crippen LogP contribution in [0.25, 0.3) is 0 Å². The highest BCUT2D eigenvalue weighted by molar-refractivity contribution is 5.51. The number of benzene rings is 1. The number of para-hydroxylation sites is 1. The highest BCUT2D eigenvalue weighted by atomic mass is 16.6. The number of nitriles is 1. The van der Waals surface area contributed by atoms with Crippen molar-refractivity contribution in [1.29, 1.82) is 5.26 Å². The van der Waals surface area contributed by atoms with Crippen LogP contribution in [0.1, 0.15) is 18.0 Å². The van der Waals surface area contributed by atoms with Crippen molar-refractivity contribution in [2.75, 3.05) is 0 Å². The minimum Gasteiger partial charge on any atom is -0.502 e. The van der Waals surface area contributed by atoms with E-state index < -0.39 is 22.4 Å². The summed E-state index contributed by atoms with van der Waals surface area (Å²) in [4.78, 5) is 9.80. The molecule has 0 bridgehead atoms. The molecule has 0 heterocycles. The van der Waals surface area contributed by atoms with Crippen molar-refractivity contribution in [1.82, 2.24) is 0 Å². The Balaban J connectivity index is 3.16. The fraction of sp³-hybridized carbons (Fsp3) is 0.222. The molecule has 15 heavy (non-hydrogen) atoms. The number of nitro groups is 1. The first-order chi connectivity index (χ1) is 7.07. The molecule has 1 atom stereocenters. The standard InChI is InChI=1S/C9H9N3O3/c10-5-4-7(11)6-2-1-3-8(9(6)13)12(14)15/h1-3,7,13H,4,11H2/t7-/m0/s1. The van der Waals surface area contributed by atoms with Crippen molar-refractivity contribution in [3.63, 3.8) is 0 Å². The van der Waals surface area contributed by atoms with Gasteiger partial charge in [-0.3, -0.25) is 10.1 Å². The number of nitro benzene ring substituents is 1. The van der Waals surface area contributed by atoms with E-state index in [1.165, 1.54) is 18.2 Å². The summed E-state index contributed by atoms with van der Waals surface area (Å²) in [6.45, 7) is 0. The molecule has 0 radical (unpaired) electrons. The van der Waals surface area contributed by atoms with E-state index in [4.69, 9.17) is 11.0 Å². The second-order valence-electron chi connectivity index (χ2n) is 2.94. The number of hydrogen-bond acceptors (Lipinski definition) is 5. The zero-order valence-corrected chi connectivity index (χ0v) is 7.75. The molecule has 0 saturated carbocycles. The minimum absolute atomic E-state index is 0.00523. The average Bonchev–Trinajstić information content (AvgIpc) is 2.17. The van der Waals surface area contributed by atoms with Crippen LogP contribution in [0.3, 0.4) is 0 Å². The van der Waals surface area contributed by atoms with E-state index in [1.807, 2.05) is 6.07 Å². The Morgan fingerprint density at radius 1 is 1.67 bits per heavy atom. The SMILES string of the molecule is N#CC[C@H](N)c1cccc([N+](=O)[O-])c1O. The zero-order valence-electron chi connectivity index (χ0n) is 7.75. The average molecular weight is 207 g/mol.